The number of carbonyl (C=O) groups is 1. The van der Waals surface area contributed by atoms with E-state index >= 15 is 0 Å². The van der Waals surface area contributed by atoms with Gasteiger partial charge in [-0.1, -0.05) is 6.92 Å². The summed E-state index contributed by atoms with van der Waals surface area (Å²) >= 11 is 0. The fourth-order valence-electron chi connectivity index (χ4n) is 1.35. The zero-order valence-corrected chi connectivity index (χ0v) is 9.82. The highest BCUT2D eigenvalue weighted by Gasteiger charge is 2.01. The molecule has 0 spiro atoms. The van der Waals surface area contributed by atoms with Crippen LogP contribution in [-0.2, 0) is 4.79 Å². The lowest BCUT2D eigenvalue weighted by Gasteiger charge is -2.06. The summed E-state index contributed by atoms with van der Waals surface area (Å²) in [6, 6.07) is 5.52. The van der Waals surface area contributed by atoms with E-state index in [1.54, 1.807) is 20.3 Å². The van der Waals surface area contributed by atoms with Gasteiger partial charge in [0.25, 0.3) is 0 Å². The number of methoxy groups -OCH3 is 2. The molecular weight excluding hydrogens is 204 g/mol. The van der Waals surface area contributed by atoms with E-state index in [1.807, 2.05) is 25.1 Å². The molecule has 0 heterocycles. The molecule has 0 radical (unpaired) electrons. The van der Waals surface area contributed by atoms with Crippen molar-refractivity contribution in [3.63, 3.8) is 0 Å². The quantitative estimate of drug-likeness (QED) is 0.565. The number of benzene rings is 1. The SMILES string of the molecule is CCC(C=O)=Cc1cc(OC)cc(OC)c1. The Morgan fingerprint density at radius 1 is 1.19 bits per heavy atom. The average Bonchev–Trinajstić information content (AvgIpc) is 2.35. The minimum atomic E-state index is 0.711. The Labute approximate surface area is 95.7 Å². The number of hydrogen-bond acceptors (Lipinski definition) is 3. The summed E-state index contributed by atoms with van der Waals surface area (Å²) in [6.07, 6.45) is 3.41. The third kappa shape index (κ3) is 3.12. The molecule has 0 saturated carbocycles. The summed E-state index contributed by atoms with van der Waals surface area (Å²) in [4.78, 5) is 10.7. The first-order chi connectivity index (χ1) is 7.73. The molecule has 3 heteroatoms. The van der Waals surface area contributed by atoms with Crippen LogP contribution in [0.2, 0.25) is 0 Å². The van der Waals surface area contributed by atoms with Crippen molar-refractivity contribution in [3.8, 4) is 11.5 Å². The maximum atomic E-state index is 10.7. The monoisotopic (exact) mass is 220 g/mol. The van der Waals surface area contributed by atoms with E-state index in [0.717, 1.165) is 17.4 Å². The van der Waals surface area contributed by atoms with Gasteiger partial charge >= 0.3 is 0 Å². The Morgan fingerprint density at radius 3 is 2.12 bits per heavy atom. The second-order valence-corrected chi connectivity index (χ2v) is 3.34. The van der Waals surface area contributed by atoms with E-state index in [0.29, 0.717) is 17.9 Å². The number of hydrogen-bond donors (Lipinski definition) is 0. The van der Waals surface area contributed by atoms with Crippen LogP contribution in [0.1, 0.15) is 18.9 Å². The number of rotatable bonds is 5. The average molecular weight is 220 g/mol. The fourth-order valence-corrected chi connectivity index (χ4v) is 1.35. The Bertz CT molecular complexity index is 372. The van der Waals surface area contributed by atoms with Crippen LogP contribution >= 0.6 is 0 Å². The predicted molar refractivity (Wildman–Crippen MR) is 63.9 cm³/mol. The Hall–Kier alpha value is -1.77. The van der Waals surface area contributed by atoms with Crippen LogP contribution < -0.4 is 9.47 Å². The molecular formula is C13H16O3. The van der Waals surface area contributed by atoms with E-state index in [9.17, 15) is 4.79 Å². The van der Waals surface area contributed by atoms with E-state index in [-0.39, 0.29) is 0 Å². The fraction of sp³-hybridized carbons (Fsp3) is 0.308. The van der Waals surface area contributed by atoms with Gasteiger partial charge in [0.15, 0.2) is 0 Å². The topological polar surface area (TPSA) is 35.5 Å². The molecule has 3 nitrogen and oxygen atoms in total. The summed E-state index contributed by atoms with van der Waals surface area (Å²) in [7, 11) is 3.20. The highest BCUT2D eigenvalue weighted by atomic mass is 16.5. The van der Waals surface area contributed by atoms with Gasteiger partial charge in [-0.05, 0) is 35.8 Å². The van der Waals surface area contributed by atoms with E-state index < -0.39 is 0 Å². The molecule has 0 aliphatic rings. The number of carbonyl (C=O) groups excluding carboxylic acids is 1. The molecule has 0 atom stereocenters. The molecule has 1 rings (SSSR count). The first-order valence-corrected chi connectivity index (χ1v) is 5.12. The Kier molecular flexibility index (Phi) is 4.58. The first kappa shape index (κ1) is 12.3. The highest BCUT2D eigenvalue weighted by molar-refractivity contribution is 5.81. The van der Waals surface area contributed by atoms with Crippen molar-refractivity contribution in [1.82, 2.24) is 0 Å². The Balaban J connectivity index is 3.12. The van der Waals surface area contributed by atoms with E-state index in [2.05, 4.69) is 0 Å². The summed E-state index contributed by atoms with van der Waals surface area (Å²) < 4.78 is 10.3. The molecule has 0 unspecified atom stereocenters. The first-order valence-electron chi connectivity index (χ1n) is 5.12. The predicted octanol–water partition coefficient (Wildman–Crippen LogP) is 2.70. The molecule has 0 aromatic heterocycles. The van der Waals surface area contributed by atoms with Gasteiger partial charge in [-0.25, -0.2) is 0 Å². The maximum absolute atomic E-state index is 10.7. The second kappa shape index (κ2) is 5.95. The molecule has 1 aromatic rings. The van der Waals surface area contributed by atoms with Gasteiger partial charge in [0.2, 0.25) is 0 Å². The van der Waals surface area contributed by atoms with Crippen molar-refractivity contribution in [3.05, 3.63) is 29.3 Å². The number of aldehydes is 1. The molecule has 0 amide bonds. The maximum Gasteiger partial charge on any atom is 0.146 e. The van der Waals surface area contributed by atoms with Gasteiger partial charge in [0, 0.05) is 6.07 Å². The van der Waals surface area contributed by atoms with Crippen molar-refractivity contribution in [2.75, 3.05) is 14.2 Å². The van der Waals surface area contributed by atoms with Gasteiger partial charge in [0.1, 0.15) is 17.8 Å². The van der Waals surface area contributed by atoms with Crippen molar-refractivity contribution in [1.29, 1.82) is 0 Å². The van der Waals surface area contributed by atoms with Crippen LogP contribution in [0.3, 0.4) is 0 Å². The molecule has 1 aromatic carbocycles. The van der Waals surface area contributed by atoms with Crippen LogP contribution in [0.15, 0.2) is 23.8 Å². The zero-order chi connectivity index (χ0) is 12.0. The molecule has 0 aliphatic heterocycles. The van der Waals surface area contributed by atoms with Gasteiger partial charge in [0.05, 0.1) is 14.2 Å². The molecule has 0 N–H and O–H groups in total. The van der Waals surface area contributed by atoms with Gasteiger partial charge in [-0.3, -0.25) is 4.79 Å². The third-order valence-corrected chi connectivity index (χ3v) is 2.29. The van der Waals surface area contributed by atoms with Crippen LogP contribution in [0.5, 0.6) is 11.5 Å². The molecule has 0 aliphatic carbocycles. The minimum absolute atomic E-state index is 0.711. The molecule has 86 valence electrons. The summed E-state index contributed by atoms with van der Waals surface area (Å²) in [5.41, 5.74) is 1.65. The molecule has 16 heavy (non-hydrogen) atoms. The van der Waals surface area contributed by atoms with Crippen molar-refractivity contribution < 1.29 is 14.3 Å². The third-order valence-electron chi connectivity index (χ3n) is 2.29. The zero-order valence-electron chi connectivity index (χ0n) is 9.82. The molecule has 0 saturated heterocycles. The molecule has 0 fully saturated rings. The van der Waals surface area contributed by atoms with E-state index in [1.165, 1.54) is 0 Å². The lowest BCUT2D eigenvalue weighted by Crippen LogP contribution is -1.89. The van der Waals surface area contributed by atoms with Crippen LogP contribution in [0, 0.1) is 0 Å². The summed E-state index contributed by atoms with van der Waals surface area (Å²) in [6.45, 7) is 1.94. The largest absolute Gasteiger partial charge is 0.497 e. The van der Waals surface area contributed by atoms with Crippen molar-refractivity contribution in [2.45, 2.75) is 13.3 Å². The lowest BCUT2D eigenvalue weighted by atomic mass is 10.1. The summed E-state index contributed by atoms with van der Waals surface area (Å²) in [5, 5.41) is 0. The van der Waals surface area contributed by atoms with Crippen molar-refractivity contribution >= 4 is 12.4 Å². The number of allylic oxidation sites excluding steroid dienone is 1. The second-order valence-electron chi connectivity index (χ2n) is 3.34. The van der Waals surface area contributed by atoms with Crippen LogP contribution in [0.4, 0.5) is 0 Å². The highest BCUT2D eigenvalue weighted by Crippen LogP contribution is 2.24. The normalized spacial score (nSPS) is 11.1. The van der Waals surface area contributed by atoms with Gasteiger partial charge in [-0.2, -0.15) is 0 Å². The smallest absolute Gasteiger partial charge is 0.146 e. The minimum Gasteiger partial charge on any atom is -0.497 e. The van der Waals surface area contributed by atoms with Gasteiger partial charge in [-0.15, -0.1) is 0 Å². The van der Waals surface area contributed by atoms with E-state index in [4.69, 9.17) is 9.47 Å². The van der Waals surface area contributed by atoms with Crippen LogP contribution in [-0.4, -0.2) is 20.5 Å². The summed E-state index contributed by atoms with van der Waals surface area (Å²) in [5.74, 6) is 1.43. The lowest BCUT2D eigenvalue weighted by molar-refractivity contribution is -0.104. The molecule has 0 bridgehead atoms. The van der Waals surface area contributed by atoms with Crippen LogP contribution in [0.25, 0.3) is 6.08 Å². The number of ether oxygens (including phenoxy) is 2. The van der Waals surface area contributed by atoms with Crippen molar-refractivity contribution in [2.24, 2.45) is 0 Å². The standard InChI is InChI=1S/C13H16O3/c1-4-10(9-14)5-11-6-12(15-2)8-13(7-11)16-3/h5-9H,4H2,1-3H3. The van der Waals surface area contributed by atoms with Gasteiger partial charge < -0.3 is 9.47 Å². The Morgan fingerprint density at radius 2 is 1.75 bits per heavy atom.